The van der Waals surface area contributed by atoms with Crippen LogP contribution >= 0.6 is 22.7 Å². The molecular weight excluding hydrogens is 246 g/mol. The van der Waals surface area contributed by atoms with Crippen LogP contribution in [0.15, 0.2) is 24.3 Å². The van der Waals surface area contributed by atoms with Crippen molar-refractivity contribution in [1.29, 1.82) is 0 Å². The van der Waals surface area contributed by atoms with Crippen LogP contribution in [0, 0.1) is 10.1 Å². The van der Waals surface area contributed by atoms with Crippen molar-refractivity contribution < 1.29 is 9.72 Å². The van der Waals surface area contributed by atoms with Gasteiger partial charge in [-0.3, -0.25) is 14.9 Å². The van der Waals surface area contributed by atoms with E-state index in [2.05, 4.69) is 0 Å². The molecule has 0 aliphatic carbocycles. The number of ketones is 1. The molecule has 0 N–H and O–H groups in total. The maximum absolute atomic E-state index is 11.1. The molecule has 2 rings (SSSR count). The molecule has 0 aromatic carbocycles. The van der Waals surface area contributed by atoms with Crippen molar-refractivity contribution in [2.24, 2.45) is 0 Å². The van der Waals surface area contributed by atoms with Gasteiger partial charge < -0.3 is 0 Å². The molecule has 4 nitrogen and oxygen atoms in total. The lowest BCUT2D eigenvalue weighted by molar-refractivity contribution is -0.380. The number of hydrogen-bond donors (Lipinski definition) is 0. The molecule has 16 heavy (non-hydrogen) atoms. The molecule has 0 aliphatic rings. The zero-order valence-electron chi connectivity index (χ0n) is 8.30. The van der Waals surface area contributed by atoms with Crippen molar-refractivity contribution >= 4 is 33.5 Å². The Labute approximate surface area is 99.3 Å². The van der Waals surface area contributed by atoms with Gasteiger partial charge in [0.1, 0.15) is 0 Å². The van der Waals surface area contributed by atoms with Crippen molar-refractivity contribution in [3.63, 3.8) is 0 Å². The van der Waals surface area contributed by atoms with Gasteiger partial charge in [-0.15, -0.1) is 11.3 Å². The summed E-state index contributed by atoms with van der Waals surface area (Å²) in [7, 11) is 0. The van der Waals surface area contributed by atoms with Crippen LogP contribution in [-0.4, -0.2) is 10.7 Å². The van der Waals surface area contributed by atoms with E-state index in [0.717, 1.165) is 21.1 Å². The molecule has 0 atom stereocenters. The van der Waals surface area contributed by atoms with E-state index in [4.69, 9.17) is 0 Å². The van der Waals surface area contributed by atoms with Crippen LogP contribution in [0.4, 0.5) is 5.00 Å². The zero-order chi connectivity index (χ0) is 11.7. The Bertz CT molecular complexity index is 506. The summed E-state index contributed by atoms with van der Waals surface area (Å²) in [5.74, 6) is 0.0160. The Morgan fingerprint density at radius 3 is 2.31 bits per heavy atom. The molecule has 82 valence electrons. The predicted molar refractivity (Wildman–Crippen MR) is 64.3 cm³/mol. The first-order valence-electron chi connectivity index (χ1n) is 4.43. The van der Waals surface area contributed by atoms with Gasteiger partial charge in [0, 0.05) is 10.9 Å². The van der Waals surface area contributed by atoms with Crippen LogP contribution in [0.3, 0.4) is 0 Å². The fourth-order valence-corrected chi connectivity index (χ4v) is 3.03. The topological polar surface area (TPSA) is 60.2 Å². The highest BCUT2D eigenvalue weighted by atomic mass is 32.1. The average Bonchev–Trinajstić information content (AvgIpc) is 2.86. The molecule has 0 spiro atoms. The first-order chi connectivity index (χ1) is 7.58. The lowest BCUT2D eigenvalue weighted by Crippen LogP contribution is -1.83. The van der Waals surface area contributed by atoms with Crippen molar-refractivity contribution in [1.82, 2.24) is 0 Å². The molecule has 2 heterocycles. The third-order valence-corrected chi connectivity index (χ3v) is 4.39. The van der Waals surface area contributed by atoms with Gasteiger partial charge in [0.2, 0.25) is 0 Å². The quantitative estimate of drug-likeness (QED) is 0.477. The zero-order valence-corrected chi connectivity index (χ0v) is 9.93. The second-order valence-corrected chi connectivity index (χ2v) is 5.26. The lowest BCUT2D eigenvalue weighted by Gasteiger charge is -1.87. The number of hydrogen-bond acceptors (Lipinski definition) is 5. The number of nitrogens with zero attached hydrogens (tertiary/aromatic N) is 1. The monoisotopic (exact) mass is 253 g/mol. The molecule has 2 aromatic heterocycles. The van der Waals surface area contributed by atoms with E-state index in [0.29, 0.717) is 4.88 Å². The smallest absolute Gasteiger partial charge is 0.294 e. The SMILES string of the molecule is CC(=O)c1ccc(-c2ccc([N+](=O)[O-])s2)s1. The summed E-state index contributed by atoms with van der Waals surface area (Å²) < 4.78 is 0. The minimum atomic E-state index is -0.409. The number of nitro groups is 1. The van der Waals surface area contributed by atoms with Gasteiger partial charge in [0.25, 0.3) is 0 Å². The molecule has 0 amide bonds. The molecule has 0 bridgehead atoms. The van der Waals surface area contributed by atoms with E-state index in [1.54, 1.807) is 12.1 Å². The number of carbonyl (C=O) groups excluding carboxylic acids is 1. The number of carbonyl (C=O) groups is 1. The van der Waals surface area contributed by atoms with E-state index in [9.17, 15) is 14.9 Å². The molecule has 0 radical (unpaired) electrons. The standard InChI is InChI=1S/C10H7NO3S2/c1-6(12)7-2-3-8(15-7)9-4-5-10(16-9)11(13)14/h2-5H,1H3. The molecule has 0 saturated carbocycles. The molecule has 0 fully saturated rings. The van der Waals surface area contributed by atoms with Crippen molar-refractivity contribution in [3.8, 4) is 9.75 Å². The molecule has 6 heteroatoms. The van der Waals surface area contributed by atoms with Crippen molar-refractivity contribution in [3.05, 3.63) is 39.3 Å². The van der Waals surface area contributed by atoms with E-state index >= 15 is 0 Å². The maximum atomic E-state index is 11.1. The van der Waals surface area contributed by atoms with Gasteiger partial charge in [0.05, 0.1) is 14.7 Å². The second kappa shape index (κ2) is 4.15. The fourth-order valence-electron chi connectivity index (χ4n) is 1.22. The summed E-state index contributed by atoms with van der Waals surface area (Å²) in [4.78, 5) is 23.6. The van der Waals surface area contributed by atoms with Crippen LogP contribution in [0.2, 0.25) is 0 Å². The third-order valence-electron chi connectivity index (χ3n) is 1.97. The summed E-state index contributed by atoms with van der Waals surface area (Å²) in [5, 5.41) is 10.6. The van der Waals surface area contributed by atoms with Crippen LogP contribution in [-0.2, 0) is 0 Å². The Morgan fingerprint density at radius 1 is 1.19 bits per heavy atom. The first kappa shape index (κ1) is 11.0. The number of Topliss-reactive ketones (excluding diaryl/α,β-unsaturated/α-hetero) is 1. The van der Waals surface area contributed by atoms with Gasteiger partial charge in [-0.25, -0.2) is 0 Å². The highest BCUT2D eigenvalue weighted by Crippen LogP contribution is 2.36. The number of thiophene rings is 2. The predicted octanol–water partition coefficient (Wildman–Crippen LogP) is 3.59. The lowest BCUT2D eigenvalue weighted by atomic mass is 10.3. The summed E-state index contributed by atoms with van der Waals surface area (Å²) in [5.41, 5.74) is 0. The molecular formula is C10H7NO3S2. The summed E-state index contributed by atoms with van der Waals surface area (Å²) in [6, 6.07) is 6.75. The van der Waals surface area contributed by atoms with Crippen LogP contribution in [0.5, 0.6) is 0 Å². The Hall–Kier alpha value is -1.53. The highest BCUT2D eigenvalue weighted by Gasteiger charge is 2.13. The highest BCUT2D eigenvalue weighted by molar-refractivity contribution is 7.24. The van der Waals surface area contributed by atoms with Gasteiger partial charge in [-0.05, 0) is 25.1 Å². The molecule has 2 aromatic rings. The Morgan fingerprint density at radius 2 is 1.81 bits per heavy atom. The summed E-state index contributed by atoms with van der Waals surface area (Å²) in [6.45, 7) is 1.51. The van der Waals surface area contributed by atoms with E-state index < -0.39 is 4.92 Å². The maximum Gasteiger partial charge on any atom is 0.324 e. The van der Waals surface area contributed by atoms with Gasteiger partial charge in [0.15, 0.2) is 5.78 Å². The van der Waals surface area contributed by atoms with E-state index in [-0.39, 0.29) is 10.8 Å². The Balaban J connectivity index is 2.35. The van der Waals surface area contributed by atoms with Crippen molar-refractivity contribution in [2.75, 3.05) is 0 Å². The van der Waals surface area contributed by atoms with Crippen molar-refractivity contribution in [2.45, 2.75) is 6.92 Å². The first-order valence-corrected chi connectivity index (χ1v) is 6.06. The second-order valence-electron chi connectivity index (χ2n) is 3.12. The summed E-state index contributed by atoms with van der Waals surface area (Å²) >= 11 is 2.48. The molecule has 0 aliphatic heterocycles. The van der Waals surface area contributed by atoms with Crippen LogP contribution in [0.1, 0.15) is 16.6 Å². The summed E-state index contributed by atoms with van der Waals surface area (Å²) in [6.07, 6.45) is 0. The van der Waals surface area contributed by atoms with Gasteiger partial charge in [-0.2, -0.15) is 0 Å². The Kier molecular flexibility index (Phi) is 2.84. The minimum Gasteiger partial charge on any atom is -0.294 e. The van der Waals surface area contributed by atoms with Crippen LogP contribution in [0.25, 0.3) is 9.75 Å². The van der Waals surface area contributed by atoms with E-state index in [1.807, 2.05) is 6.07 Å². The van der Waals surface area contributed by atoms with E-state index in [1.165, 1.54) is 24.3 Å². The molecule has 0 saturated heterocycles. The average molecular weight is 253 g/mol. The van der Waals surface area contributed by atoms with Gasteiger partial charge in [-0.1, -0.05) is 11.3 Å². The largest absolute Gasteiger partial charge is 0.324 e. The van der Waals surface area contributed by atoms with Crippen LogP contribution < -0.4 is 0 Å². The normalized spacial score (nSPS) is 10.3. The number of rotatable bonds is 3. The third kappa shape index (κ3) is 2.02. The molecule has 0 unspecified atom stereocenters. The minimum absolute atomic E-state index is 0.0160. The van der Waals surface area contributed by atoms with Gasteiger partial charge >= 0.3 is 5.00 Å². The fraction of sp³-hybridized carbons (Fsp3) is 0.100.